The van der Waals surface area contributed by atoms with Gasteiger partial charge in [-0.25, -0.2) is 4.98 Å². The molecule has 208 valence electrons. The quantitative estimate of drug-likeness (QED) is 0.183. The van der Waals surface area contributed by atoms with E-state index in [9.17, 15) is 22.8 Å². The molecule has 0 fully saturated rings. The molecule has 0 aliphatic rings. The number of anilines is 2. The van der Waals surface area contributed by atoms with E-state index >= 15 is 0 Å². The van der Waals surface area contributed by atoms with E-state index < -0.39 is 11.5 Å². The number of hydrogen-bond donors (Lipinski definition) is 2. The van der Waals surface area contributed by atoms with Gasteiger partial charge in [0.15, 0.2) is 5.13 Å². The molecule has 7 nitrogen and oxygen atoms in total. The number of methoxy groups -OCH3 is 1. The summed E-state index contributed by atoms with van der Waals surface area (Å²) in [6.45, 7) is 0.351. The first kappa shape index (κ1) is 29.0. The number of halogens is 3. The lowest BCUT2D eigenvalue weighted by atomic mass is 10.1. The molecule has 1 amide bonds. The molecule has 4 rings (SSSR count). The molecule has 0 saturated heterocycles. The lowest BCUT2D eigenvalue weighted by Crippen LogP contribution is -2.26. The largest absolute Gasteiger partial charge is 0.497 e. The van der Waals surface area contributed by atoms with Gasteiger partial charge >= 0.3 is 11.5 Å². The summed E-state index contributed by atoms with van der Waals surface area (Å²) in [5.74, 6) is -0.698. The molecule has 1 aromatic heterocycles. The first-order valence-corrected chi connectivity index (χ1v) is 13.6. The Morgan fingerprint density at radius 2 is 1.80 bits per heavy atom. The van der Waals surface area contributed by atoms with Crippen molar-refractivity contribution >= 4 is 45.8 Å². The molecule has 0 aliphatic heterocycles. The van der Waals surface area contributed by atoms with Crippen LogP contribution in [0.1, 0.15) is 22.3 Å². The number of carboxylic acids is 1. The van der Waals surface area contributed by atoms with E-state index in [0.29, 0.717) is 28.7 Å². The predicted molar refractivity (Wildman–Crippen MR) is 149 cm³/mol. The summed E-state index contributed by atoms with van der Waals surface area (Å²) >= 11 is 1.21. The molecule has 0 spiro atoms. The molecule has 0 radical (unpaired) electrons. The van der Waals surface area contributed by atoms with Crippen molar-refractivity contribution in [1.82, 2.24) is 10.3 Å². The number of carbonyl (C=O) groups is 2. The average Bonchev–Trinajstić information content (AvgIpc) is 3.42. The number of amides is 1. The zero-order valence-electron chi connectivity index (χ0n) is 21.1. The molecule has 40 heavy (non-hydrogen) atoms. The molecular weight excluding hydrogens is 563 g/mol. The van der Waals surface area contributed by atoms with Gasteiger partial charge in [-0.1, -0.05) is 24.3 Å². The highest BCUT2D eigenvalue weighted by Gasteiger charge is 2.29. The third kappa shape index (κ3) is 7.99. The standard InChI is InChI=1S/C28H24F3N3O4S2/c1-38-22-4-2-3-20(15-22)24-17-39-27(33-24)34(21-9-11-23(12-10-21)40-28(29,30)31)16-18-5-7-19(8-6-18)26(37)32-14-13-25(35)36/h2-12,15,17H,13-14,16H2,1H3,(H,32,37)(H,35,36). The molecule has 0 bridgehead atoms. The summed E-state index contributed by atoms with van der Waals surface area (Å²) < 4.78 is 43.8. The molecular formula is C28H24F3N3O4S2. The van der Waals surface area contributed by atoms with Crippen LogP contribution < -0.4 is 15.0 Å². The molecule has 3 aromatic carbocycles. The van der Waals surface area contributed by atoms with Crippen LogP contribution in [0, 0.1) is 0 Å². The Hall–Kier alpha value is -4.03. The van der Waals surface area contributed by atoms with Gasteiger partial charge in [0, 0.05) is 33.6 Å². The van der Waals surface area contributed by atoms with Gasteiger partial charge in [-0.2, -0.15) is 13.2 Å². The Kier molecular flexibility index (Phi) is 9.33. The number of benzene rings is 3. The number of carboxylic acid groups (broad SMARTS) is 1. The van der Waals surface area contributed by atoms with Crippen LogP contribution in [0.3, 0.4) is 0 Å². The summed E-state index contributed by atoms with van der Waals surface area (Å²) in [5.41, 5.74) is -0.950. The fourth-order valence-corrected chi connectivity index (χ4v) is 5.12. The Morgan fingerprint density at radius 1 is 1.07 bits per heavy atom. The number of alkyl halides is 3. The molecule has 0 unspecified atom stereocenters. The molecule has 4 aromatic rings. The Balaban J connectivity index is 1.59. The lowest BCUT2D eigenvalue weighted by Gasteiger charge is -2.23. The van der Waals surface area contributed by atoms with Crippen LogP contribution in [0.2, 0.25) is 0 Å². The molecule has 1 heterocycles. The maximum absolute atomic E-state index is 12.8. The van der Waals surface area contributed by atoms with E-state index in [1.54, 1.807) is 43.5 Å². The third-order valence-corrected chi connectivity index (χ3v) is 7.25. The summed E-state index contributed by atoms with van der Waals surface area (Å²) in [7, 11) is 1.58. The van der Waals surface area contributed by atoms with Crippen LogP contribution in [0.15, 0.2) is 83.1 Å². The highest BCUT2D eigenvalue weighted by Crippen LogP contribution is 2.39. The number of carbonyl (C=O) groups excluding carboxylic acids is 1. The second-order valence-electron chi connectivity index (χ2n) is 8.47. The zero-order chi connectivity index (χ0) is 28.7. The van der Waals surface area contributed by atoms with Crippen molar-refractivity contribution in [2.45, 2.75) is 23.4 Å². The van der Waals surface area contributed by atoms with Gasteiger partial charge in [0.2, 0.25) is 0 Å². The zero-order valence-corrected chi connectivity index (χ0v) is 22.8. The number of nitrogens with one attached hydrogen (secondary N) is 1. The number of nitrogens with zero attached hydrogens (tertiary/aromatic N) is 2. The first-order valence-electron chi connectivity index (χ1n) is 11.9. The van der Waals surface area contributed by atoms with Gasteiger partial charge in [-0.15, -0.1) is 11.3 Å². The van der Waals surface area contributed by atoms with Crippen molar-refractivity contribution < 1.29 is 32.6 Å². The van der Waals surface area contributed by atoms with E-state index in [2.05, 4.69) is 5.32 Å². The van der Waals surface area contributed by atoms with E-state index in [1.165, 1.54) is 23.5 Å². The van der Waals surface area contributed by atoms with Crippen molar-refractivity contribution in [1.29, 1.82) is 0 Å². The van der Waals surface area contributed by atoms with Crippen LogP contribution in [0.25, 0.3) is 11.3 Å². The van der Waals surface area contributed by atoms with Gasteiger partial charge in [-0.3, -0.25) is 9.59 Å². The molecule has 0 saturated carbocycles. The minimum Gasteiger partial charge on any atom is -0.497 e. The minimum absolute atomic E-state index is 0.0198. The number of hydrogen-bond acceptors (Lipinski definition) is 7. The van der Waals surface area contributed by atoms with Crippen LogP contribution >= 0.6 is 23.1 Å². The van der Waals surface area contributed by atoms with Gasteiger partial charge < -0.3 is 20.1 Å². The van der Waals surface area contributed by atoms with Crippen molar-refractivity contribution in [3.8, 4) is 17.0 Å². The fourth-order valence-electron chi connectivity index (χ4n) is 3.73. The minimum atomic E-state index is -4.39. The third-order valence-electron chi connectivity index (χ3n) is 5.65. The van der Waals surface area contributed by atoms with Crippen LogP contribution in [-0.4, -0.2) is 41.1 Å². The number of thiazole rings is 1. The average molecular weight is 588 g/mol. The maximum Gasteiger partial charge on any atom is 0.446 e. The van der Waals surface area contributed by atoms with Crippen LogP contribution in [-0.2, 0) is 11.3 Å². The molecule has 0 atom stereocenters. The van der Waals surface area contributed by atoms with Crippen molar-refractivity contribution in [3.05, 3.63) is 89.3 Å². The number of aromatic nitrogens is 1. The van der Waals surface area contributed by atoms with Crippen molar-refractivity contribution in [2.24, 2.45) is 0 Å². The fraction of sp³-hybridized carbons (Fsp3) is 0.179. The highest BCUT2D eigenvalue weighted by atomic mass is 32.2. The summed E-state index contributed by atoms with van der Waals surface area (Å²) in [4.78, 5) is 29.7. The second-order valence-corrected chi connectivity index (χ2v) is 10.4. The number of rotatable bonds is 11. The van der Waals surface area contributed by atoms with E-state index in [0.717, 1.165) is 16.8 Å². The Labute approximate surface area is 236 Å². The molecule has 12 heteroatoms. The first-order chi connectivity index (χ1) is 19.1. The normalized spacial score (nSPS) is 11.2. The van der Waals surface area contributed by atoms with Crippen molar-refractivity contribution in [2.75, 3.05) is 18.6 Å². The number of thioether (sulfide) groups is 1. The summed E-state index contributed by atoms with van der Waals surface area (Å²) in [6, 6.07) is 20.3. The smallest absolute Gasteiger partial charge is 0.446 e. The van der Waals surface area contributed by atoms with Gasteiger partial charge in [0.25, 0.3) is 5.91 Å². The number of aliphatic carboxylic acids is 1. The summed E-state index contributed by atoms with van der Waals surface area (Å²) in [5, 5.41) is 13.8. The van der Waals surface area contributed by atoms with E-state index in [1.807, 2.05) is 34.5 Å². The topological polar surface area (TPSA) is 91.8 Å². The summed E-state index contributed by atoms with van der Waals surface area (Å²) in [6.07, 6.45) is -0.176. The Bertz CT molecular complexity index is 1460. The SMILES string of the molecule is COc1cccc(-c2csc(N(Cc3ccc(C(=O)NCCC(=O)O)cc3)c3ccc(SC(F)(F)F)cc3)n2)c1. The van der Waals surface area contributed by atoms with Gasteiger partial charge in [0.1, 0.15) is 5.75 Å². The molecule has 0 aliphatic carbocycles. The monoisotopic (exact) mass is 587 g/mol. The number of ether oxygens (including phenoxy) is 1. The van der Waals surface area contributed by atoms with Crippen LogP contribution in [0.5, 0.6) is 5.75 Å². The maximum atomic E-state index is 12.8. The van der Waals surface area contributed by atoms with Crippen LogP contribution in [0.4, 0.5) is 24.0 Å². The van der Waals surface area contributed by atoms with E-state index in [-0.39, 0.29) is 35.5 Å². The lowest BCUT2D eigenvalue weighted by molar-refractivity contribution is -0.136. The molecule has 2 N–H and O–H groups in total. The predicted octanol–water partition coefficient (Wildman–Crippen LogP) is 6.97. The van der Waals surface area contributed by atoms with Crippen molar-refractivity contribution in [3.63, 3.8) is 0 Å². The van der Waals surface area contributed by atoms with Gasteiger partial charge in [0.05, 0.1) is 25.8 Å². The Morgan fingerprint density at radius 3 is 2.45 bits per heavy atom. The van der Waals surface area contributed by atoms with Gasteiger partial charge in [-0.05, 0) is 65.9 Å². The van der Waals surface area contributed by atoms with E-state index in [4.69, 9.17) is 14.8 Å². The second kappa shape index (κ2) is 12.9. The highest BCUT2D eigenvalue weighted by molar-refractivity contribution is 8.00.